The number of halogens is 6. The largest absolute Gasteiger partial charge is 0.419 e. The summed E-state index contributed by atoms with van der Waals surface area (Å²) in [5.74, 6) is -1.44. The smallest absolute Gasteiger partial charge is 0.341 e. The van der Waals surface area contributed by atoms with Crippen molar-refractivity contribution in [2.45, 2.75) is 63.2 Å². The van der Waals surface area contributed by atoms with Crippen LogP contribution >= 0.6 is 23.2 Å². The number of hydrogen-bond donors (Lipinski definition) is 0. The van der Waals surface area contributed by atoms with Crippen LogP contribution in [-0.2, 0) is 27.7 Å². The molecule has 5 nitrogen and oxygen atoms in total. The van der Waals surface area contributed by atoms with Crippen LogP contribution < -0.4 is 0 Å². The van der Waals surface area contributed by atoms with Crippen LogP contribution in [0.4, 0.5) is 17.6 Å². The van der Waals surface area contributed by atoms with Crippen molar-refractivity contribution in [1.82, 2.24) is 14.7 Å². The van der Waals surface area contributed by atoms with Gasteiger partial charge in [0, 0.05) is 45.7 Å². The molecule has 2 fully saturated rings. The number of carbonyl (C=O) groups excluding carboxylic acids is 2. The van der Waals surface area contributed by atoms with Gasteiger partial charge in [-0.05, 0) is 74.5 Å². The highest BCUT2D eigenvalue weighted by Crippen LogP contribution is 2.36. The molecule has 1 atom stereocenters. The molecule has 0 aliphatic carbocycles. The fourth-order valence-electron chi connectivity index (χ4n) is 5.76. The zero-order valence-corrected chi connectivity index (χ0v) is 24.1. The maximum Gasteiger partial charge on any atom is 0.419 e. The molecule has 11 heteroatoms. The number of nitrogens with zero attached hydrogens (tertiary/aromatic N) is 3. The molecule has 2 aromatic carbocycles. The van der Waals surface area contributed by atoms with Crippen molar-refractivity contribution in [3.05, 3.63) is 69.0 Å². The van der Waals surface area contributed by atoms with Crippen LogP contribution in [0.5, 0.6) is 0 Å². The van der Waals surface area contributed by atoms with E-state index in [4.69, 9.17) is 23.2 Å². The van der Waals surface area contributed by atoms with Gasteiger partial charge in [0.1, 0.15) is 5.82 Å². The van der Waals surface area contributed by atoms with Crippen molar-refractivity contribution >= 4 is 35.0 Å². The first-order valence-corrected chi connectivity index (χ1v) is 14.1. The highest BCUT2D eigenvalue weighted by Gasteiger charge is 2.39. The summed E-state index contributed by atoms with van der Waals surface area (Å²) in [5.41, 5.74) is -1.61. The molecule has 40 heavy (non-hydrogen) atoms. The number of benzene rings is 2. The van der Waals surface area contributed by atoms with Crippen molar-refractivity contribution in [2.24, 2.45) is 0 Å². The van der Waals surface area contributed by atoms with Crippen LogP contribution in [-0.4, -0.2) is 65.8 Å². The van der Waals surface area contributed by atoms with Gasteiger partial charge in [-0.25, -0.2) is 4.39 Å². The Balaban J connectivity index is 1.50. The average Bonchev–Trinajstić information content (AvgIpc) is 3.34. The minimum Gasteiger partial charge on any atom is -0.341 e. The molecule has 4 rings (SSSR count). The topological polar surface area (TPSA) is 43.9 Å². The summed E-state index contributed by atoms with van der Waals surface area (Å²) in [6, 6.07) is 8.03. The Labute approximate surface area is 242 Å². The summed E-state index contributed by atoms with van der Waals surface area (Å²) >= 11 is 12.4. The van der Waals surface area contributed by atoms with Gasteiger partial charge in [-0.15, -0.1) is 0 Å². The quantitative estimate of drug-likeness (QED) is 0.323. The lowest BCUT2D eigenvalue weighted by Gasteiger charge is -2.39. The molecule has 2 amide bonds. The second-order valence-electron chi connectivity index (χ2n) is 10.9. The third-order valence-corrected chi connectivity index (χ3v) is 8.91. The zero-order valence-electron chi connectivity index (χ0n) is 22.5. The Bertz CT molecular complexity index is 1250. The Hall–Kier alpha value is -2.36. The highest BCUT2D eigenvalue weighted by molar-refractivity contribution is 6.42. The summed E-state index contributed by atoms with van der Waals surface area (Å²) in [5, 5.41) is 0.642. The normalized spacial score (nSPS) is 18.7. The van der Waals surface area contributed by atoms with Gasteiger partial charge in [-0.3, -0.25) is 9.59 Å². The van der Waals surface area contributed by atoms with E-state index in [1.165, 1.54) is 18.0 Å². The number of amides is 2. The van der Waals surface area contributed by atoms with Gasteiger partial charge in [0.05, 0.1) is 21.0 Å². The lowest BCUT2D eigenvalue weighted by atomic mass is 9.77. The Morgan fingerprint density at radius 2 is 1.75 bits per heavy atom. The fourth-order valence-corrected chi connectivity index (χ4v) is 6.06. The molecule has 218 valence electrons. The van der Waals surface area contributed by atoms with Crippen LogP contribution in [0.1, 0.15) is 55.7 Å². The van der Waals surface area contributed by atoms with E-state index in [9.17, 15) is 27.2 Å². The van der Waals surface area contributed by atoms with Crippen molar-refractivity contribution in [3.8, 4) is 0 Å². The summed E-state index contributed by atoms with van der Waals surface area (Å²) in [6.45, 7) is 4.68. The van der Waals surface area contributed by atoms with Gasteiger partial charge in [0.15, 0.2) is 0 Å². The maximum absolute atomic E-state index is 13.9. The van der Waals surface area contributed by atoms with E-state index in [-0.39, 0.29) is 30.0 Å². The van der Waals surface area contributed by atoms with E-state index >= 15 is 0 Å². The molecule has 0 N–H and O–H groups in total. The third kappa shape index (κ3) is 6.74. The molecule has 0 aromatic heterocycles. The van der Waals surface area contributed by atoms with Crippen molar-refractivity contribution in [1.29, 1.82) is 0 Å². The van der Waals surface area contributed by atoms with Gasteiger partial charge in [0.25, 0.3) is 0 Å². The summed E-state index contributed by atoms with van der Waals surface area (Å²) in [6.07, 6.45) is -1.14. The lowest BCUT2D eigenvalue weighted by molar-refractivity contribution is -0.140. The second-order valence-corrected chi connectivity index (χ2v) is 11.8. The number of hydrogen-bond acceptors (Lipinski definition) is 3. The van der Waals surface area contributed by atoms with Gasteiger partial charge in [-0.2, -0.15) is 13.2 Å². The van der Waals surface area contributed by atoms with Crippen molar-refractivity contribution in [2.75, 3.05) is 33.2 Å². The van der Waals surface area contributed by atoms with Gasteiger partial charge < -0.3 is 14.7 Å². The first kappa shape index (κ1) is 30.6. The van der Waals surface area contributed by atoms with Gasteiger partial charge >= 0.3 is 6.18 Å². The van der Waals surface area contributed by atoms with Crippen LogP contribution in [0, 0.1) is 5.82 Å². The van der Waals surface area contributed by atoms with Crippen molar-refractivity contribution < 1.29 is 27.2 Å². The molecule has 0 unspecified atom stereocenters. The second kappa shape index (κ2) is 12.2. The van der Waals surface area contributed by atoms with Crippen LogP contribution in [0.25, 0.3) is 0 Å². The number of likely N-dealkylation sites (N-methyl/N-ethyl adjacent to an activating group) is 1. The van der Waals surface area contributed by atoms with Crippen molar-refractivity contribution in [3.63, 3.8) is 0 Å². The molecule has 0 bridgehead atoms. The minimum absolute atomic E-state index is 0.131. The summed E-state index contributed by atoms with van der Waals surface area (Å²) < 4.78 is 53.5. The minimum atomic E-state index is -4.84. The molecular formula is C29H33Cl2F4N3O2. The molecule has 2 heterocycles. The van der Waals surface area contributed by atoms with E-state index in [0.29, 0.717) is 35.0 Å². The van der Waals surface area contributed by atoms with E-state index in [2.05, 4.69) is 4.90 Å². The zero-order chi connectivity index (χ0) is 29.2. The first-order chi connectivity index (χ1) is 18.8. The lowest BCUT2D eigenvalue weighted by Crippen LogP contribution is -2.48. The van der Waals surface area contributed by atoms with E-state index in [1.54, 1.807) is 25.1 Å². The molecular weight excluding hydrogens is 569 g/mol. The van der Waals surface area contributed by atoms with Crippen LogP contribution in [0.3, 0.4) is 0 Å². The molecule has 0 radical (unpaired) electrons. The highest BCUT2D eigenvalue weighted by atomic mass is 35.5. The molecule has 2 saturated heterocycles. The predicted molar refractivity (Wildman–Crippen MR) is 147 cm³/mol. The van der Waals surface area contributed by atoms with Crippen LogP contribution in [0.2, 0.25) is 10.0 Å². The SMILES string of the molecule is CN(Cc1ccc(F)c(C(F)(F)F)c1)C(=O)[C@@](C)(CCN1CCC(N2CCCC2=O)CC1)c1ccc(Cl)c(Cl)c1. The van der Waals surface area contributed by atoms with E-state index < -0.39 is 23.0 Å². The van der Waals surface area contributed by atoms with Gasteiger partial charge in [0.2, 0.25) is 11.8 Å². The van der Waals surface area contributed by atoms with Crippen LogP contribution in [0.15, 0.2) is 36.4 Å². The maximum atomic E-state index is 13.9. The Morgan fingerprint density at radius 1 is 1.05 bits per heavy atom. The third-order valence-electron chi connectivity index (χ3n) is 8.17. The van der Waals surface area contributed by atoms with Gasteiger partial charge in [-0.1, -0.05) is 35.3 Å². The van der Waals surface area contributed by atoms with E-state index in [0.717, 1.165) is 51.0 Å². The number of likely N-dealkylation sites (tertiary alicyclic amines) is 2. The number of piperidine rings is 1. The average molecular weight is 603 g/mol. The summed E-state index contributed by atoms with van der Waals surface area (Å²) in [4.78, 5) is 31.7. The fraction of sp³-hybridized carbons (Fsp3) is 0.517. The molecule has 2 aliphatic heterocycles. The predicted octanol–water partition coefficient (Wildman–Crippen LogP) is 6.54. The summed E-state index contributed by atoms with van der Waals surface area (Å²) in [7, 11) is 1.52. The molecule has 2 aliphatic rings. The standard InChI is InChI=1S/C29H33Cl2F4N3O2/c1-28(20-6-7-23(30)24(31)17-20,11-15-37-13-9-21(10-14-37)38-12-3-4-26(38)39)27(40)36(2)18-19-5-8-25(32)22(16-19)29(33,34)35/h5-8,16-17,21H,3-4,9-15,18H2,1-2H3/t28-/m0/s1. The first-order valence-electron chi connectivity index (χ1n) is 13.4. The Morgan fingerprint density at radius 3 is 2.35 bits per heavy atom. The molecule has 0 saturated carbocycles. The monoisotopic (exact) mass is 601 g/mol. The van der Waals surface area contributed by atoms with E-state index in [1.807, 2.05) is 4.90 Å². The number of alkyl halides is 3. The number of carbonyl (C=O) groups is 2. The molecule has 2 aromatic rings. The Kier molecular flexibility index (Phi) is 9.37. The number of rotatable bonds is 8. The molecule has 0 spiro atoms.